The van der Waals surface area contributed by atoms with Gasteiger partial charge >= 0.3 is 5.97 Å². The van der Waals surface area contributed by atoms with Gasteiger partial charge in [0.15, 0.2) is 6.73 Å². The third kappa shape index (κ3) is 5.23. The molecule has 0 radical (unpaired) electrons. The summed E-state index contributed by atoms with van der Waals surface area (Å²) in [5.41, 5.74) is 1.86. The summed E-state index contributed by atoms with van der Waals surface area (Å²) in [6.07, 6.45) is 2.41. The van der Waals surface area contributed by atoms with Gasteiger partial charge in [0.2, 0.25) is 0 Å². The molecule has 4 heterocycles. The summed E-state index contributed by atoms with van der Waals surface area (Å²) in [6, 6.07) is 11.2. The molecule has 4 aliphatic rings. The highest BCUT2D eigenvalue weighted by molar-refractivity contribution is 6.39. The van der Waals surface area contributed by atoms with Crippen molar-refractivity contribution in [2.45, 2.75) is 44.0 Å². The van der Waals surface area contributed by atoms with E-state index >= 15 is 4.39 Å². The molecule has 1 amide bonds. The van der Waals surface area contributed by atoms with E-state index in [0.29, 0.717) is 54.7 Å². The molecule has 3 fully saturated rings. The summed E-state index contributed by atoms with van der Waals surface area (Å²) >= 11 is 13.0. The molecule has 7 rings (SSSR count). The second kappa shape index (κ2) is 11.7. The number of rotatable bonds is 6. The molecule has 230 valence electrons. The van der Waals surface area contributed by atoms with Crippen molar-refractivity contribution < 1.29 is 38.0 Å². The van der Waals surface area contributed by atoms with E-state index in [2.05, 4.69) is 4.90 Å². The van der Waals surface area contributed by atoms with Crippen LogP contribution < -0.4 is 14.4 Å². The summed E-state index contributed by atoms with van der Waals surface area (Å²) in [7, 11) is 0. The lowest BCUT2D eigenvalue weighted by molar-refractivity contribution is 0.0516. The Labute approximate surface area is 262 Å². The van der Waals surface area contributed by atoms with E-state index in [0.717, 1.165) is 25.3 Å². The Bertz CT molecular complexity index is 1610. The van der Waals surface area contributed by atoms with E-state index in [9.17, 15) is 14.7 Å². The fourth-order valence-electron chi connectivity index (χ4n) is 6.57. The van der Waals surface area contributed by atoms with Crippen LogP contribution in [0.5, 0.6) is 11.5 Å². The van der Waals surface area contributed by atoms with Crippen LogP contribution in [0.4, 0.5) is 10.1 Å². The molecule has 3 aromatic carbocycles. The third-order valence-corrected chi connectivity index (χ3v) is 9.25. The van der Waals surface area contributed by atoms with Gasteiger partial charge in [-0.15, -0.1) is 0 Å². The maximum Gasteiger partial charge on any atom is 0.337 e. The van der Waals surface area contributed by atoms with Crippen LogP contribution in [0.15, 0.2) is 42.5 Å². The fraction of sp³-hybridized carbons (Fsp3) is 0.375. The summed E-state index contributed by atoms with van der Waals surface area (Å²) in [6.45, 7) is 2.14. The summed E-state index contributed by atoms with van der Waals surface area (Å²) in [5.74, 6) is -1.41. The normalized spacial score (nSPS) is 22.5. The van der Waals surface area contributed by atoms with Gasteiger partial charge in [0.05, 0.1) is 71.9 Å². The average molecular weight is 643 g/mol. The molecule has 4 aliphatic heterocycles. The van der Waals surface area contributed by atoms with Crippen molar-refractivity contribution in [1.82, 2.24) is 4.90 Å². The molecule has 12 heteroatoms. The van der Waals surface area contributed by atoms with Crippen LogP contribution in [0.3, 0.4) is 0 Å². The van der Waals surface area contributed by atoms with Gasteiger partial charge in [-0.25, -0.2) is 9.18 Å². The Hall–Kier alpha value is -3.57. The standard InChI is InChI=1S/C32H29Cl2FN2O7/c33-25-8-21(44-20-6-7-41-15-20)9-26(34)29(25)31(38)36-12-17-2-1-3-22(30(17)43-16-36)23-11-28(24(32(39)40)10-27(23)35)37-18-4-5-19(37)14-42-13-18/h1-3,8-11,18-20H,4-7,12-16H2,(H,39,40)/t18?,19?,20-/m1/s1. The van der Waals surface area contributed by atoms with Gasteiger partial charge in [0, 0.05) is 23.1 Å². The highest BCUT2D eigenvalue weighted by Gasteiger charge is 2.40. The first-order chi connectivity index (χ1) is 21.3. The number of hydrogen-bond acceptors (Lipinski definition) is 7. The van der Waals surface area contributed by atoms with Gasteiger partial charge in [-0.2, -0.15) is 0 Å². The van der Waals surface area contributed by atoms with Gasteiger partial charge < -0.3 is 33.9 Å². The second-order valence-electron chi connectivity index (χ2n) is 11.4. The van der Waals surface area contributed by atoms with Crippen molar-refractivity contribution in [2.75, 3.05) is 38.1 Å². The van der Waals surface area contributed by atoms with E-state index in [-0.39, 0.29) is 58.2 Å². The van der Waals surface area contributed by atoms with Crippen molar-refractivity contribution in [3.05, 3.63) is 75.0 Å². The van der Waals surface area contributed by atoms with Gasteiger partial charge in [0.1, 0.15) is 23.4 Å². The number of morpholine rings is 1. The monoisotopic (exact) mass is 642 g/mol. The molecule has 2 bridgehead atoms. The molecule has 0 aromatic heterocycles. The number of carbonyl (C=O) groups excluding carboxylic acids is 1. The number of anilines is 1. The number of carbonyl (C=O) groups is 2. The number of nitrogens with zero attached hydrogens (tertiary/aromatic N) is 2. The maximum absolute atomic E-state index is 15.6. The van der Waals surface area contributed by atoms with Crippen molar-refractivity contribution in [3.63, 3.8) is 0 Å². The summed E-state index contributed by atoms with van der Waals surface area (Å²) in [4.78, 5) is 29.3. The SMILES string of the molecule is O=C(O)c1cc(F)c(-c2cccc3c2OCN(C(=O)c2c(Cl)cc(O[C@@H]4CCOC4)cc2Cl)C3)cc1N1C2CCC1COC2. The number of carboxylic acids is 1. The minimum atomic E-state index is -1.19. The minimum Gasteiger partial charge on any atom is -0.488 e. The quantitative estimate of drug-likeness (QED) is 0.348. The van der Waals surface area contributed by atoms with Gasteiger partial charge in [-0.3, -0.25) is 4.79 Å². The Morgan fingerprint density at radius 3 is 2.39 bits per heavy atom. The molecule has 0 aliphatic carbocycles. The zero-order valence-electron chi connectivity index (χ0n) is 23.6. The number of benzene rings is 3. The summed E-state index contributed by atoms with van der Waals surface area (Å²) < 4.78 is 38.6. The van der Waals surface area contributed by atoms with Crippen LogP contribution in [0, 0.1) is 5.82 Å². The molecule has 1 N–H and O–H groups in total. The molecule has 3 aromatic rings. The Morgan fingerprint density at radius 1 is 0.955 bits per heavy atom. The molecule has 44 heavy (non-hydrogen) atoms. The number of aromatic carboxylic acids is 1. The smallest absolute Gasteiger partial charge is 0.337 e. The Balaban J connectivity index is 1.18. The van der Waals surface area contributed by atoms with Crippen LogP contribution in [-0.2, 0) is 16.0 Å². The number of ether oxygens (including phenoxy) is 4. The molecule has 0 spiro atoms. The highest BCUT2D eigenvalue weighted by Crippen LogP contribution is 2.43. The van der Waals surface area contributed by atoms with E-state index < -0.39 is 17.7 Å². The maximum atomic E-state index is 15.6. The van der Waals surface area contributed by atoms with Crippen LogP contribution in [0.2, 0.25) is 10.0 Å². The first-order valence-electron chi connectivity index (χ1n) is 14.5. The molecular weight excluding hydrogens is 614 g/mol. The van der Waals surface area contributed by atoms with Crippen molar-refractivity contribution in [2.24, 2.45) is 0 Å². The van der Waals surface area contributed by atoms with Crippen molar-refractivity contribution in [3.8, 4) is 22.6 Å². The van der Waals surface area contributed by atoms with Gasteiger partial charge in [0.25, 0.3) is 5.91 Å². The third-order valence-electron chi connectivity index (χ3n) is 8.65. The number of para-hydroxylation sites is 1. The largest absolute Gasteiger partial charge is 0.488 e. The minimum absolute atomic E-state index is 0.0293. The number of hydrogen-bond donors (Lipinski definition) is 1. The fourth-order valence-corrected chi connectivity index (χ4v) is 7.20. The van der Waals surface area contributed by atoms with Crippen molar-refractivity contribution >= 4 is 40.8 Å². The molecular formula is C32H29Cl2FN2O7. The topological polar surface area (TPSA) is 97.8 Å². The number of carboxylic acid groups (broad SMARTS) is 1. The molecule has 0 saturated carbocycles. The molecule has 3 saturated heterocycles. The average Bonchev–Trinajstić information content (AvgIpc) is 3.60. The van der Waals surface area contributed by atoms with E-state index in [1.54, 1.807) is 36.4 Å². The van der Waals surface area contributed by atoms with Crippen LogP contribution in [-0.4, -0.2) is 73.2 Å². The molecule has 3 atom stereocenters. The first kappa shape index (κ1) is 29.2. The lowest BCUT2D eigenvalue weighted by Gasteiger charge is -2.37. The Kier molecular flexibility index (Phi) is 7.78. The Morgan fingerprint density at radius 2 is 1.70 bits per heavy atom. The zero-order chi connectivity index (χ0) is 30.5. The lowest BCUT2D eigenvalue weighted by atomic mass is 9.96. The predicted molar refractivity (Wildman–Crippen MR) is 161 cm³/mol. The second-order valence-corrected chi connectivity index (χ2v) is 12.2. The van der Waals surface area contributed by atoms with Gasteiger partial charge in [-0.1, -0.05) is 41.4 Å². The lowest BCUT2D eigenvalue weighted by Crippen LogP contribution is -2.46. The van der Waals surface area contributed by atoms with Crippen molar-refractivity contribution in [1.29, 1.82) is 0 Å². The predicted octanol–water partition coefficient (Wildman–Crippen LogP) is 6.03. The molecule has 2 unspecified atom stereocenters. The number of halogens is 3. The molecule has 9 nitrogen and oxygen atoms in total. The number of fused-ring (bicyclic) bond motifs is 3. The van der Waals surface area contributed by atoms with Crippen LogP contribution in [0.1, 0.15) is 45.5 Å². The summed E-state index contributed by atoms with van der Waals surface area (Å²) in [5, 5.41) is 10.3. The van der Waals surface area contributed by atoms with E-state index in [4.69, 9.17) is 42.1 Å². The van der Waals surface area contributed by atoms with E-state index in [1.165, 1.54) is 4.90 Å². The first-order valence-corrected chi connectivity index (χ1v) is 15.2. The number of amides is 1. The highest BCUT2D eigenvalue weighted by atomic mass is 35.5. The van der Waals surface area contributed by atoms with Crippen LogP contribution in [0.25, 0.3) is 11.1 Å². The zero-order valence-corrected chi connectivity index (χ0v) is 25.1. The van der Waals surface area contributed by atoms with E-state index in [1.807, 2.05) is 0 Å². The van der Waals surface area contributed by atoms with Crippen LogP contribution >= 0.6 is 23.2 Å². The van der Waals surface area contributed by atoms with Gasteiger partial charge in [-0.05, 0) is 37.1 Å².